The Bertz CT molecular complexity index is 412. The molecular formula is C15H22O3. The van der Waals surface area contributed by atoms with Gasteiger partial charge < -0.3 is 9.47 Å². The van der Waals surface area contributed by atoms with Crippen molar-refractivity contribution < 1.29 is 14.3 Å². The van der Waals surface area contributed by atoms with Crippen molar-refractivity contribution in [2.24, 2.45) is 0 Å². The topological polar surface area (TPSA) is 35.5 Å². The second-order valence-electron chi connectivity index (χ2n) is 4.71. The summed E-state index contributed by atoms with van der Waals surface area (Å²) >= 11 is 0. The number of hydrogen-bond acceptors (Lipinski definition) is 3. The molecule has 0 N–H and O–H groups in total. The minimum Gasteiger partial charge on any atom is -0.382 e. The van der Waals surface area contributed by atoms with E-state index < -0.39 is 6.10 Å². The lowest BCUT2D eigenvalue weighted by Gasteiger charge is -2.18. The molecule has 0 saturated heterocycles. The third-order valence-corrected chi connectivity index (χ3v) is 3.00. The van der Waals surface area contributed by atoms with Crippen LogP contribution in [-0.4, -0.2) is 31.7 Å². The van der Waals surface area contributed by atoms with Crippen LogP contribution in [0, 0.1) is 13.8 Å². The summed E-state index contributed by atoms with van der Waals surface area (Å²) in [5.74, 6) is 0.0149. The van der Waals surface area contributed by atoms with E-state index in [0.717, 1.165) is 5.56 Å². The predicted octanol–water partition coefficient (Wildman–Crippen LogP) is 2.93. The Hall–Kier alpha value is -1.19. The Labute approximate surface area is 109 Å². The molecule has 18 heavy (non-hydrogen) atoms. The zero-order chi connectivity index (χ0) is 13.7. The van der Waals surface area contributed by atoms with E-state index in [-0.39, 0.29) is 11.9 Å². The van der Waals surface area contributed by atoms with Gasteiger partial charge in [0.05, 0.1) is 12.7 Å². The number of hydrogen-bond donors (Lipinski definition) is 0. The molecule has 1 aromatic rings. The van der Waals surface area contributed by atoms with Crippen LogP contribution in [0.2, 0.25) is 0 Å². The Morgan fingerprint density at radius 1 is 1.22 bits per heavy atom. The lowest BCUT2D eigenvalue weighted by molar-refractivity contribution is -0.0214. The second-order valence-corrected chi connectivity index (χ2v) is 4.71. The molecule has 2 unspecified atom stereocenters. The van der Waals surface area contributed by atoms with E-state index in [1.165, 1.54) is 5.56 Å². The molecule has 3 heteroatoms. The molecule has 0 radical (unpaired) electrons. The zero-order valence-corrected chi connectivity index (χ0v) is 11.8. The van der Waals surface area contributed by atoms with Crippen molar-refractivity contribution >= 4 is 5.78 Å². The highest BCUT2D eigenvalue weighted by Crippen LogP contribution is 2.13. The van der Waals surface area contributed by atoms with Crippen LogP contribution in [0.15, 0.2) is 18.2 Å². The van der Waals surface area contributed by atoms with Gasteiger partial charge in [0, 0.05) is 12.7 Å². The summed E-state index contributed by atoms with van der Waals surface area (Å²) in [4.78, 5) is 12.2. The molecule has 0 heterocycles. The highest BCUT2D eigenvalue weighted by Gasteiger charge is 2.18. The van der Waals surface area contributed by atoms with Gasteiger partial charge in [-0.05, 0) is 44.9 Å². The van der Waals surface area contributed by atoms with Crippen LogP contribution < -0.4 is 0 Å². The summed E-state index contributed by atoms with van der Waals surface area (Å²) in [7, 11) is 1.62. The van der Waals surface area contributed by atoms with Crippen LogP contribution in [0.25, 0.3) is 0 Å². The van der Waals surface area contributed by atoms with E-state index in [2.05, 4.69) is 0 Å². The first-order valence-corrected chi connectivity index (χ1v) is 6.21. The summed E-state index contributed by atoms with van der Waals surface area (Å²) in [6.07, 6.45) is -0.530. The average Bonchev–Trinajstić information content (AvgIpc) is 2.32. The Morgan fingerprint density at radius 3 is 2.44 bits per heavy atom. The SMILES string of the molecule is COCC(C)OC(C)C(=O)c1ccc(C)c(C)c1. The first kappa shape index (κ1) is 14.9. The fraction of sp³-hybridized carbons (Fsp3) is 0.533. The molecule has 0 bridgehead atoms. The summed E-state index contributed by atoms with van der Waals surface area (Å²) < 4.78 is 10.6. The number of benzene rings is 1. The molecule has 2 atom stereocenters. The summed E-state index contributed by atoms with van der Waals surface area (Å²) in [5.41, 5.74) is 3.01. The van der Waals surface area contributed by atoms with Crippen molar-refractivity contribution in [3.05, 3.63) is 34.9 Å². The molecule has 1 aromatic carbocycles. The molecule has 100 valence electrons. The standard InChI is InChI=1S/C15H22O3/c1-10-6-7-14(8-11(10)2)15(16)13(4)18-12(3)9-17-5/h6-8,12-13H,9H2,1-5H3. The van der Waals surface area contributed by atoms with Crippen LogP contribution in [-0.2, 0) is 9.47 Å². The van der Waals surface area contributed by atoms with Crippen LogP contribution in [0.4, 0.5) is 0 Å². The molecule has 0 aliphatic heterocycles. The van der Waals surface area contributed by atoms with Crippen LogP contribution in [0.1, 0.15) is 35.3 Å². The molecule has 1 rings (SSSR count). The molecule has 0 aromatic heterocycles. The number of carbonyl (C=O) groups excluding carboxylic acids is 1. The van der Waals surface area contributed by atoms with Gasteiger partial charge >= 0.3 is 0 Å². The highest BCUT2D eigenvalue weighted by atomic mass is 16.5. The smallest absolute Gasteiger partial charge is 0.191 e. The van der Waals surface area contributed by atoms with Crippen molar-refractivity contribution in [2.45, 2.75) is 39.9 Å². The van der Waals surface area contributed by atoms with Crippen molar-refractivity contribution in [2.75, 3.05) is 13.7 Å². The quantitative estimate of drug-likeness (QED) is 0.728. The third kappa shape index (κ3) is 3.93. The van der Waals surface area contributed by atoms with Gasteiger partial charge in [-0.25, -0.2) is 0 Å². The molecule has 0 amide bonds. The Morgan fingerprint density at radius 2 is 1.89 bits per heavy atom. The van der Waals surface area contributed by atoms with Gasteiger partial charge in [-0.3, -0.25) is 4.79 Å². The summed E-state index contributed by atoms with van der Waals surface area (Å²) in [6.45, 7) is 8.21. The van der Waals surface area contributed by atoms with E-state index in [0.29, 0.717) is 12.2 Å². The first-order chi connectivity index (χ1) is 8.45. The number of Topliss-reactive ketones (excluding diaryl/α,β-unsaturated/α-hetero) is 1. The number of rotatable bonds is 6. The predicted molar refractivity (Wildman–Crippen MR) is 72.1 cm³/mol. The normalized spacial score (nSPS) is 14.3. The Balaban J connectivity index is 2.71. The van der Waals surface area contributed by atoms with Gasteiger partial charge in [-0.1, -0.05) is 12.1 Å². The monoisotopic (exact) mass is 250 g/mol. The highest BCUT2D eigenvalue weighted by molar-refractivity contribution is 5.99. The van der Waals surface area contributed by atoms with Crippen molar-refractivity contribution in [3.8, 4) is 0 Å². The average molecular weight is 250 g/mol. The maximum atomic E-state index is 12.2. The molecular weight excluding hydrogens is 228 g/mol. The zero-order valence-electron chi connectivity index (χ0n) is 11.8. The fourth-order valence-electron chi connectivity index (χ4n) is 1.81. The second kappa shape index (κ2) is 6.66. The van der Waals surface area contributed by atoms with Crippen molar-refractivity contribution in [1.29, 1.82) is 0 Å². The molecule has 0 spiro atoms. The van der Waals surface area contributed by atoms with Gasteiger partial charge in [-0.15, -0.1) is 0 Å². The molecule has 0 fully saturated rings. The minimum absolute atomic E-state index is 0.0149. The van der Waals surface area contributed by atoms with Crippen molar-refractivity contribution in [3.63, 3.8) is 0 Å². The largest absolute Gasteiger partial charge is 0.382 e. The van der Waals surface area contributed by atoms with Crippen LogP contribution in [0.5, 0.6) is 0 Å². The van der Waals surface area contributed by atoms with Gasteiger partial charge in [0.15, 0.2) is 5.78 Å². The maximum Gasteiger partial charge on any atom is 0.191 e. The number of methoxy groups -OCH3 is 1. The Kier molecular flexibility index (Phi) is 5.51. The number of carbonyl (C=O) groups is 1. The van der Waals surface area contributed by atoms with Gasteiger partial charge in [0.25, 0.3) is 0 Å². The summed E-state index contributed by atoms with van der Waals surface area (Å²) in [6, 6.07) is 5.73. The van der Waals surface area contributed by atoms with E-state index in [1.54, 1.807) is 14.0 Å². The van der Waals surface area contributed by atoms with Gasteiger partial charge in [0.2, 0.25) is 0 Å². The van der Waals surface area contributed by atoms with E-state index in [1.807, 2.05) is 39.0 Å². The lowest BCUT2D eigenvalue weighted by atomic mass is 10.0. The van der Waals surface area contributed by atoms with Crippen molar-refractivity contribution in [1.82, 2.24) is 0 Å². The first-order valence-electron chi connectivity index (χ1n) is 6.21. The maximum absolute atomic E-state index is 12.2. The molecule has 0 aliphatic rings. The third-order valence-electron chi connectivity index (χ3n) is 3.00. The minimum atomic E-state index is -0.447. The van der Waals surface area contributed by atoms with Gasteiger partial charge in [0.1, 0.15) is 6.10 Å². The van der Waals surface area contributed by atoms with E-state index in [9.17, 15) is 4.79 Å². The lowest BCUT2D eigenvalue weighted by Crippen LogP contribution is -2.28. The fourth-order valence-corrected chi connectivity index (χ4v) is 1.81. The molecule has 0 saturated carbocycles. The van der Waals surface area contributed by atoms with Crippen LogP contribution in [0.3, 0.4) is 0 Å². The molecule has 3 nitrogen and oxygen atoms in total. The van der Waals surface area contributed by atoms with E-state index >= 15 is 0 Å². The summed E-state index contributed by atoms with van der Waals surface area (Å²) in [5, 5.41) is 0. The number of ether oxygens (including phenoxy) is 2. The number of aryl methyl sites for hydroxylation is 2. The molecule has 0 aliphatic carbocycles. The number of ketones is 1. The van der Waals surface area contributed by atoms with Gasteiger partial charge in [-0.2, -0.15) is 0 Å². The van der Waals surface area contributed by atoms with E-state index in [4.69, 9.17) is 9.47 Å². The van der Waals surface area contributed by atoms with Crippen LogP contribution >= 0.6 is 0 Å².